The molecule has 3 rings (SSSR count). The van der Waals surface area contributed by atoms with Crippen LogP contribution < -0.4 is 14.8 Å². The van der Waals surface area contributed by atoms with Crippen molar-refractivity contribution in [2.45, 2.75) is 13.3 Å². The van der Waals surface area contributed by atoms with Crippen LogP contribution in [0.5, 0.6) is 11.5 Å². The van der Waals surface area contributed by atoms with Crippen molar-refractivity contribution in [2.75, 3.05) is 18.5 Å². The van der Waals surface area contributed by atoms with Crippen LogP contribution in [0.2, 0.25) is 0 Å². The molecule has 1 N–H and O–H groups in total. The van der Waals surface area contributed by atoms with E-state index in [2.05, 4.69) is 24.0 Å². The van der Waals surface area contributed by atoms with Crippen molar-refractivity contribution in [2.24, 2.45) is 0 Å². The van der Waals surface area contributed by atoms with E-state index < -0.39 is 0 Å². The average Bonchev–Trinajstić information content (AvgIpc) is 2.73. The smallest absolute Gasteiger partial charge is 0.259 e. The van der Waals surface area contributed by atoms with Crippen LogP contribution in [0, 0.1) is 0 Å². The number of hydrogen-bond acceptors (Lipinski definition) is 3. The van der Waals surface area contributed by atoms with Gasteiger partial charge in [-0.15, -0.1) is 0 Å². The molecule has 0 bridgehead atoms. The third-order valence-corrected chi connectivity index (χ3v) is 4.20. The Morgan fingerprint density at radius 3 is 2.48 bits per heavy atom. The number of ether oxygens (including phenoxy) is 2. The first kappa shape index (κ1) is 20.2. The topological polar surface area (TPSA) is 47.6 Å². The molecule has 29 heavy (non-hydrogen) atoms. The first-order valence-electron chi connectivity index (χ1n) is 9.56. The van der Waals surface area contributed by atoms with E-state index in [-0.39, 0.29) is 5.91 Å². The molecule has 0 aliphatic carbocycles. The number of para-hydroxylation sites is 1. The van der Waals surface area contributed by atoms with Crippen LogP contribution in [0.25, 0.3) is 0 Å². The van der Waals surface area contributed by atoms with E-state index in [4.69, 9.17) is 9.47 Å². The zero-order valence-corrected chi connectivity index (χ0v) is 16.6. The molecule has 3 aromatic rings. The van der Waals surface area contributed by atoms with Crippen molar-refractivity contribution in [1.29, 1.82) is 0 Å². The van der Waals surface area contributed by atoms with Crippen LogP contribution in [0.1, 0.15) is 22.8 Å². The minimum atomic E-state index is -0.225. The summed E-state index contributed by atoms with van der Waals surface area (Å²) in [5.74, 6) is 1.02. The molecule has 0 heterocycles. The maximum atomic E-state index is 12.8. The van der Waals surface area contributed by atoms with Gasteiger partial charge in [0, 0.05) is 18.2 Å². The number of rotatable bonds is 9. The molecule has 1 amide bonds. The van der Waals surface area contributed by atoms with Gasteiger partial charge in [0.2, 0.25) is 0 Å². The van der Waals surface area contributed by atoms with E-state index in [0.717, 1.165) is 12.0 Å². The van der Waals surface area contributed by atoms with Gasteiger partial charge in [-0.1, -0.05) is 55.1 Å². The number of amides is 1. The van der Waals surface area contributed by atoms with Crippen molar-refractivity contribution in [1.82, 2.24) is 0 Å². The van der Waals surface area contributed by atoms with Crippen LogP contribution in [0.15, 0.2) is 91.0 Å². The predicted molar refractivity (Wildman–Crippen MR) is 117 cm³/mol. The van der Waals surface area contributed by atoms with Crippen molar-refractivity contribution in [3.8, 4) is 11.5 Å². The lowest BCUT2D eigenvalue weighted by molar-refractivity contribution is 0.102. The highest BCUT2D eigenvalue weighted by molar-refractivity contribution is 6.06. The summed E-state index contributed by atoms with van der Waals surface area (Å²) in [7, 11) is 0. The molecule has 0 unspecified atom stereocenters. The third kappa shape index (κ3) is 6.25. The summed E-state index contributed by atoms with van der Waals surface area (Å²) in [5, 5.41) is 2.91. The van der Waals surface area contributed by atoms with Gasteiger partial charge in [0.25, 0.3) is 5.91 Å². The van der Waals surface area contributed by atoms with Gasteiger partial charge in [-0.05, 0) is 42.3 Å². The van der Waals surface area contributed by atoms with Gasteiger partial charge in [0.1, 0.15) is 18.1 Å². The Morgan fingerprint density at radius 2 is 1.69 bits per heavy atom. The summed E-state index contributed by atoms with van der Waals surface area (Å²) >= 11 is 0. The molecular formula is C25H25NO3. The molecule has 0 radical (unpaired) electrons. The second-order valence-corrected chi connectivity index (χ2v) is 6.81. The molecule has 4 heteroatoms. The van der Waals surface area contributed by atoms with Crippen molar-refractivity contribution >= 4 is 11.6 Å². The van der Waals surface area contributed by atoms with Crippen LogP contribution in [0.4, 0.5) is 5.69 Å². The molecule has 4 nitrogen and oxygen atoms in total. The summed E-state index contributed by atoms with van der Waals surface area (Å²) in [6.07, 6.45) is 0.777. The highest BCUT2D eigenvalue weighted by Crippen LogP contribution is 2.22. The molecule has 0 fully saturated rings. The van der Waals surface area contributed by atoms with Crippen molar-refractivity contribution < 1.29 is 14.3 Å². The van der Waals surface area contributed by atoms with Crippen LogP contribution in [-0.4, -0.2) is 19.1 Å². The van der Waals surface area contributed by atoms with Crippen molar-refractivity contribution in [3.63, 3.8) is 0 Å². The van der Waals surface area contributed by atoms with Gasteiger partial charge in [-0.2, -0.15) is 0 Å². The van der Waals surface area contributed by atoms with Crippen LogP contribution >= 0.6 is 0 Å². The fraction of sp³-hybridized carbons (Fsp3) is 0.160. The summed E-state index contributed by atoms with van der Waals surface area (Å²) in [4.78, 5) is 12.8. The average molecular weight is 387 g/mol. The number of anilines is 1. The zero-order valence-electron chi connectivity index (χ0n) is 16.6. The summed E-state index contributed by atoms with van der Waals surface area (Å²) in [5.41, 5.74) is 3.28. The molecule has 0 aliphatic rings. The second kappa shape index (κ2) is 10.1. The molecule has 0 saturated carbocycles. The first-order valence-corrected chi connectivity index (χ1v) is 9.56. The van der Waals surface area contributed by atoms with Crippen LogP contribution in [0.3, 0.4) is 0 Å². The lowest BCUT2D eigenvalue weighted by atomic mass is 10.1. The fourth-order valence-electron chi connectivity index (χ4n) is 2.77. The van der Waals surface area contributed by atoms with E-state index in [9.17, 15) is 4.79 Å². The third-order valence-electron chi connectivity index (χ3n) is 4.20. The Labute approximate surface area is 171 Å². The molecule has 0 saturated heterocycles. The minimum absolute atomic E-state index is 0.225. The van der Waals surface area contributed by atoms with Gasteiger partial charge in [0.05, 0.1) is 12.2 Å². The number of benzene rings is 3. The largest absolute Gasteiger partial charge is 0.492 e. The maximum Gasteiger partial charge on any atom is 0.259 e. The maximum absolute atomic E-state index is 12.8. The summed E-state index contributed by atoms with van der Waals surface area (Å²) < 4.78 is 11.5. The van der Waals surface area contributed by atoms with Gasteiger partial charge < -0.3 is 14.8 Å². The highest BCUT2D eigenvalue weighted by atomic mass is 16.5. The highest BCUT2D eigenvalue weighted by Gasteiger charge is 2.13. The molecule has 0 spiro atoms. The van der Waals surface area contributed by atoms with E-state index in [1.165, 1.54) is 5.56 Å². The number of carbonyl (C=O) groups is 1. The van der Waals surface area contributed by atoms with Crippen molar-refractivity contribution in [3.05, 3.63) is 102 Å². The van der Waals surface area contributed by atoms with E-state index >= 15 is 0 Å². The van der Waals surface area contributed by atoms with Gasteiger partial charge in [-0.3, -0.25) is 4.79 Å². The first-order chi connectivity index (χ1) is 14.1. The Balaban J connectivity index is 1.63. The second-order valence-electron chi connectivity index (χ2n) is 6.81. The van der Waals surface area contributed by atoms with Gasteiger partial charge in [-0.25, -0.2) is 0 Å². The summed E-state index contributed by atoms with van der Waals surface area (Å²) in [6.45, 7) is 6.67. The Hall–Kier alpha value is -3.53. The SMILES string of the molecule is C=C(C)COc1cccc(NC(=O)c2ccccc2OCCc2ccccc2)c1. The Bertz CT molecular complexity index is 967. The molecule has 0 aliphatic heterocycles. The lowest BCUT2D eigenvalue weighted by Gasteiger charge is -2.13. The number of nitrogens with one attached hydrogen (secondary N) is 1. The van der Waals surface area contributed by atoms with Gasteiger partial charge >= 0.3 is 0 Å². The quantitative estimate of drug-likeness (QED) is 0.492. The molecule has 3 aromatic carbocycles. The standard InChI is InChI=1S/C25H25NO3/c1-19(2)18-29-22-12-8-11-21(17-22)26-25(27)23-13-6-7-14-24(23)28-16-15-20-9-4-3-5-10-20/h3-14,17H,1,15-16,18H2,2H3,(H,26,27). The lowest BCUT2D eigenvalue weighted by Crippen LogP contribution is -2.14. The van der Waals surface area contributed by atoms with Gasteiger partial charge in [0.15, 0.2) is 0 Å². The Morgan fingerprint density at radius 1 is 0.931 bits per heavy atom. The minimum Gasteiger partial charge on any atom is -0.492 e. The van der Waals surface area contributed by atoms with E-state index in [0.29, 0.717) is 36.0 Å². The molecule has 148 valence electrons. The zero-order chi connectivity index (χ0) is 20.5. The van der Waals surface area contributed by atoms with E-state index in [1.54, 1.807) is 12.1 Å². The fourth-order valence-corrected chi connectivity index (χ4v) is 2.77. The molecular weight excluding hydrogens is 362 g/mol. The predicted octanol–water partition coefficient (Wildman–Crippen LogP) is 5.52. The molecule has 0 aromatic heterocycles. The molecule has 0 atom stereocenters. The Kier molecular flexibility index (Phi) is 7.06. The number of hydrogen-bond donors (Lipinski definition) is 1. The number of carbonyl (C=O) groups excluding carboxylic acids is 1. The monoisotopic (exact) mass is 387 g/mol. The normalized spacial score (nSPS) is 10.2. The van der Waals surface area contributed by atoms with Crippen LogP contribution in [-0.2, 0) is 6.42 Å². The summed E-state index contributed by atoms with van der Waals surface area (Å²) in [6, 6.07) is 24.7. The van der Waals surface area contributed by atoms with E-state index in [1.807, 2.05) is 61.5 Å².